The summed E-state index contributed by atoms with van der Waals surface area (Å²) in [5.41, 5.74) is 2.46. The number of nitro benzene ring substituents is 1. The maximum absolute atomic E-state index is 13.8. The highest BCUT2D eigenvalue weighted by Crippen LogP contribution is 2.43. The topological polar surface area (TPSA) is 83.8 Å². The van der Waals surface area contributed by atoms with E-state index in [4.69, 9.17) is 0 Å². The molecule has 0 fully saturated rings. The Morgan fingerprint density at radius 3 is 2.42 bits per heavy atom. The van der Waals surface area contributed by atoms with E-state index in [0.717, 1.165) is 11.3 Å². The van der Waals surface area contributed by atoms with Crippen LogP contribution in [-0.4, -0.2) is 22.8 Å². The molecule has 4 rings (SSSR count). The molecule has 1 heterocycles. The molecule has 3 aromatic rings. The van der Waals surface area contributed by atoms with Crippen molar-refractivity contribution in [1.29, 1.82) is 0 Å². The van der Waals surface area contributed by atoms with Gasteiger partial charge in [-0.1, -0.05) is 49.4 Å². The first-order valence-electron chi connectivity index (χ1n) is 11.0. The molecule has 0 bridgehead atoms. The number of amides is 2. The monoisotopic (exact) mass is 443 g/mol. The lowest BCUT2D eigenvalue weighted by atomic mass is 9.89. The first-order chi connectivity index (χ1) is 15.9. The summed E-state index contributed by atoms with van der Waals surface area (Å²) in [6.45, 7) is 3.80. The highest BCUT2D eigenvalue weighted by Gasteiger charge is 2.38. The number of benzene rings is 3. The van der Waals surface area contributed by atoms with E-state index in [2.05, 4.69) is 0 Å². The Labute approximate surface area is 192 Å². The van der Waals surface area contributed by atoms with Crippen LogP contribution in [0.15, 0.2) is 78.9 Å². The van der Waals surface area contributed by atoms with Crippen LogP contribution in [0.1, 0.15) is 48.7 Å². The summed E-state index contributed by atoms with van der Waals surface area (Å²) in [6.07, 6.45) is 0.880. The minimum Gasteiger partial charge on any atom is -0.309 e. The van der Waals surface area contributed by atoms with Crippen LogP contribution >= 0.6 is 0 Å². The molecule has 1 aliphatic heterocycles. The average Bonchev–Trinajstić information content (AvgIpc) is 2.84. The molecule has 7 heteroatoms. The van der Waals surface area contributed by atoms with E-state index in [-0.39, 0.29) is 23.5 Å². The predicted molar refractivity (Wildman–Crippen MR) is 127 cm³/mol. The number of nitro groups is 1. The molecule has 2 amide bonds. The van der Waals surface area contributed by atoms with Gasteiger partial charge >= 0.3 is 0 Å². The van der Waals surface area contributed by atoms with Crippen LogP contribution in [0, 0.1) is 10.1 Å². The highest BCUT2D eigenvalue weighted by molar-refractivity contribution is 6.07. The summed E-state index contributed by atoms with van der Waals surface area (Å²) in [7, 11) is 0. The van der Waals surface area contributed by atoms with E-state index < -0.39 is 11.0 Å². The van der Waals surface area contributed by atoms with Gasteiger partial charge < -0.3 is 9.80 Å². The zero-order valence-corrected chi connectivity index (χ0v) is 18.5. The van der Waals surface area contributed by atoms with E-state index in [1.165, 1.54) is 12.1 Å². The van der Waals surface area contributed by atoms with E-state index in [0.29, 0.717) is 24.1 Å². The summed E-state index contributed by atoms with van der Waals surface area (Å²) in [5.74, 6) is -0.233. The van der Waals surface area contributed by atoms with E-state index >= 15 is 0 Å². The van der Waals surface area contributed by atoms with Crippen LogP contribution in [0.25, 0.3) is 0 Å². The Kier molecular flexibility index (Phi) is 6.22. The fourth-order valence-electron chi connectivity index (χ4n) is 4.49. The number of carbonyl (C=O) groups excluding carboxylic acids is 2. The zero-order valence-electron chi connectivity index (χ0n) is 18.5. The first kappa shape index (κ1) is 22.2. The van der Waals surface area contributed by atoms with Crippen LogP contribution in [0.5, 0.6) is 0 Å². The normalized spacial score (nSPS) is 17.2. The molecule has 0 unspecified atom stereocenters. The van der Waals surface area contributed by atoms with Crippen molar-refractivity contribution < 1.29 is 14.5 Å². The van der Waals surface area contributed by atoms with Crippen molar-refractivity contribution in [2.75, 3.05) is 9.80 Å². The third-order valence-corrected chi connectivity index (χ3v) is 6.00. The minimum absolute atomic E-state index is 0.0182. The summed E-state index contributed by atoms with van der Waals surface area (Å²) in [6, 6.07) is 22.0. The molecule has 0 aliphatic carbocycles. The summed E-state index contributed by atoms with van der Waals surface area (Å²) >= 11 is 0. The second kappa shape index (κ2) is 9.24. The molecule has 2 atom stereocenters. The maximum Gasteiger partial charge on any atom is 0.271 e. The van der Waals surface area contributed by atoms with E-state index in [1.807, 2.05) is 44.2 Å². The van der Waals surface area contributed by atoms with E-state index in [9.17, 15) is 19.7 Å². The maximum atomic E-state index is 13.8. The number of non-ortho nitro benzene ring substituents is 1. The van der Waals surface area contributed by atoms with Gasteiger partial charge in [0, 0.05) is 35.8 Å². The van der Waals surface area contributed by atoms with Crippen molar-refractivity contribution in [2.24, 2.45) is 0 Å². The average molecular weight is 444 g/mol. The van der Waals surface area contributed by atoms with Gasteiger partial charge in [0.1, 0.15) is 0 Å². The van der Waals surface area contributed by atoms with Crippen molar-refractivity contribution in [2.45, 2.75) is 38.8 Å². The van der Waals surface area contributed by atoms with Crippen molar-refractivity contribution >= 4 is 28.9 Å². The van der Waals surface area contributed by atoms with Gasteiger partial charge in [0.25, 0.3) is 11.6 Å². The largest absolute Gasteiger partial charge is 0.309 e. The molecule has 0 radical (unpaired) electrons. The van der Waals surface area contributed by atoms with Crippen LogP contribution in [0.3, 0.4) is 0 Å². The standard InChI is InChI=1S/C26H25N3O4/c1-3-25(30)27-18(2)16-24(22-14-7-8-15-23(22)27)28(26(31)19-10-5-4-6-11-19)20-12-9-13-21(17-20)29(32)33/h4-15,17-18,24H,3,16H2,1-2H3/t18-,24+/m1/s1. The number of hydrogen-bond acceptors (Lipinski definition) is 4. The molecule has 0 N–H and O–H groups in total. The third kappa shape index (κ3) is 4.22. The van der Waals surface area contributed by atoms with Crippen molar-refractivity contribution in [3.63, 3.8) is 0 Å². The quantitative estimate of drug-likeness (QED) is 0.384. The lowest BCUT2D eigenvalue weighted by Crippen LogP contribution is -2.47. The predicted octanol–water partition coefficient (Wildman–Crippen LogP) is 5.52. The van der Waals surface area contributed by atoms with Crippen molar-refractivity contribution in [1.82, 2.24) is 0 Å². The van der Waals surface area contributed by atoms with Gasteiger partial charge in [-0.2, -0.15) is 0 Å². The number of fused-ring (bicyclic) bond motifs is 1. The SMILES string of the molecule is CCC(=O)N1c2ccccc2[C@@H](N(C(=O)c2ccccc2)c2cccc([N+](=O)[O-])c2)C[C@H]1C. The summed E-state index contributed by atoms with van der Waals surface area (Å²) in [4.78, 5) is 40.9. The summed E-state index contributed by atoms with van der Waals surface area (Å²) < 4.78 is 0. The Balaban J connectivity index is 1.89. The van der Waals surface area contributed by atoms with Gasteiger partial charge in [-0.3, -0.25) is 19.7 Å². The molecule has 7 nitrogen and oxygen atoms in total. The summed E-state index contributed by atoms with van der Waals surface area (Å²) in [5, 5.41) is 11.5. The molecule has 0 aromatic heterocycles. The van der Waals surface area contributed by atoms with Crippen molar-refractivity contribution in [3.8, 4) is 0 Å². The first-order valence-corrected chi connectivity index (χ1v) is 11.0. The number of carbonyl (C=O) groups is 2. The lowest BCUT2D eigenvalue weighted by molar-refractivity contribution is -0.384. The number of rotatable bonds is 5. The Bertz CT molecular complexity index is 1190. The zero-order chi connectivity index (χ0) is 23.5. The molecular formula is C26H25N3O4. The number of anilines is 2. The van der Waals surface area contributed by atoms with Gasteiger partial charge in [0.15, 0.2) is 0 Å². The van der Waals surface area contributed by atoms with Crippen LogP contribution in [0.2, 0.25) is 0 Å². The third-order valence-electron chi connectivity index (χ3n) is 6.00. The molecule has 0 saturated carbocycles. The fraction of sp³-hybridized carbons (Fsp3) is 0.231. The highest BCUT2D eigenvalue weighted by atomic mass is 16.6. The van der Waals surface area contributed by atoms with Crippen molar-refractivity contribution in [3.05, 3.63) is 100 Å². The van der Waals surface area contributed by atoms with Gasteiger partial charge in [-0.05, 0) is 43.2 Å². The molecule has 3 aromatic carbocycles. The number of hydrogen-bond donors (Lipinski definition) is 0. The molecular weight excluding hydrogens is 418 g/mol. The minimum atomic E-state index is -0.465. The second-order valence-electron chi connectivity index (χ2n) is 8.09. The second-order valence-corrected chi connectivity index (χ2v) is 8.09. The Hall–Kier alpha value is -4.00. The van der Waals surface area contributed by atoms with Crippen LogP contribution in [-0.2, 0) is 4.79 Å². The fourth-order valence-corrected chi connectivity index (χ4v) is 4.49. The van der Waals surface area contributed by atoms with Gasteiger partial charge in [-0.25, -0.2) is 0 Å². The smallest absolute Gasteiger partial charge is 0.271 e. The van der Waals surface area contributed by atoms with Crippen LogP contribution < -0.4 is 9.80 Å². The van der Waals surface area contributed by atoms with Gasteiger partial charge in [0.2, 0.25) is 5.91 Å². The lowest BCUT2D eigenvalue weighted by Gasteiger charge is -2.43. The molecule has 0 spiro atoms. The Morgan fingerprint density at radius 1 is 1.03 bits per heavy atom. The van der Waals surface area contributed by atoms with Crippen LogP contribution in [0.4, 0.5) is 17.1 Å². The Morgan fingerprint density at radius 2 is 1.73 bits per heavy atom. The molecule has 33 heavy (non-hydrogen) atoms. The molecule has 0 saturated heterocycles. The van der Waals surface area contributed by atoms with Gasteiger partial charge in [0.05, 0.1) is 16.7 Å². The van der Waals surface area contributed by atoms with Gasteiger partial charge in [-0.15, -0.1) is 0 Å². The number of para-hydroxylation sites is 1. The molecule has 168 valence electrons. The molecule has 1 aliphatic rings. The number of nitrogens with zero attached hydrogens (tertiary/aromatic N) is 3. The van der Waals surface area contributed by atoms with E-state index in [1.54, 1.807) is 46.2 Å².